The Bertz CT molecular complexity index is 837. The third-order valence-electron chi connectivity index (χ3n) is 2.77. The van der Waals surface area contributed by atoms with Crippen LogP contribution in [0.3, 0.4) is 0 Å². The highest BCUT2D eigenvalue weighted by Gasteiger charge is 2.10. The number of thiocyanates is 1. The van der Waals surface area contributed by atoms with E-state index in [2.05, 4.69) is 15.3 Å². The van der Waals surface area contributed by atoms with Gasteiger partial charge in [-0.15, -0.1) is 11.3 Å². The van der Waals surface area contributed by atoms with Crippen LogP contribution < -0.4 is 5.32 Å². The standard InChI is InChI=1S/C14H9ClN4S2/c1-8-6-11-12(18-14(15)19-13(11)21-8)17-9-2-4-10(5-3-9)20-7-16/h2-6H,1H3,(H,17,18,19). The van der Waals surface area contributed by atoms with Gasteiger partial charge in [0.25, 0.3) is 0 Å². The Morgan fingerprint density at radius 2 is 2.05 bits per heavy atom. The maximum Gasteiger partial charge on any atom is 0.225 e. The molecule has 1 N–H and O–H groups in total. The molecule has 0 aliphatic rings. The molecule has 2 aromatic heterocycles. The first-order valence-electron chi connectivity index (χ1n) is 6.02. The van der Waals surface area contributed by atoms with Gasteiger partial charge in [-0.05, 0) is 60.6 Å². The molecular weight excluding hydrogens is 324 g/mol. The number of nitrogens with zero attached hydrogens (tertiary/aromatic N) is 3. The minimum atomic E-state index is 0.225. The van der Waals surface area contributed by atoms with Gasteiger partial charge in [-0.2, -0.15) is 10.2 Å². The van der Waals surface area contributed by atoms with Gasteiger partial charge < -0.3 is 5.32 Å². The van der Waals surface area contributed by atoms with E-state index in [9.17, 15) is 0 Å². The second kappa shape index (κ2) is 5.90. The summed E-state index contributed by atoms with van der Waals surface area (Å²) in [4.78, 5) is 11.4. The number of hydrogen-bond donors (Lipinski definition) is 1. The van der Waals surface area contributed by atoms with Gasteiger partial charge in [0, 0.05) is 15.5 Å². The molecule has 0 fully saturated rings. The summed E-state index contributed by atoms with van der Waals surface area (Å²) in [7, 11) is 0. The first-order valence-corrected chi connectivity index (χ1v) is 8.03. The van der Waals surface area contributed by atoms with Crippen LogP contribution in [0.2, 0.25) is 5.28 Å². The molecule has 1 aromatic carbocycles. The summed E-state index contributed by atoms with van der Waals surface area (Å²) in [5, 5.41) is 15.1. The summed E-state index contributed by atoms with van der Waals surface area (Å²) in [6, 6.07) is 9.62. The van der Waals surface area contributed by atoms with Crippen molar-refractivity contribution in [2.45, 2.75) is 11.8 Å². The molecular formula is C14H9ClN4S2. The summed E-state index contributed by atoms with van der Waals surface area (Å²) >= 11 is 8.69. The number of halogens is 1. The van der Waals surface area contributed by atoms with Gasteiger partial charge in [0.1, 0.15) is 16.0 Å². The zero-order valence-electron chi connectivity index (χ0n) is 10.9. The third kappa shape index (κ3) is 3.10. The van der Waals surface area contributed by atoms with E-state index in [1.807, 2.05) is 42.7 Å². The number of aromatic nitrogens is 2. The Kier molecular flexibility index (Phi) is 3.97. The second-order valence-corrected chi connectivity index (χ2v) is 6.69. The molecule has 0 amide bonds. The molecule has 3 rings (SSSR count). The van der Waals surface area contributed by atoms with Crippen molar-refractivity contribution in [1.29, 1.82) is 5.26 Å². The SMILES string of the molecule is Cc1cc2c(Nc3ccc(SC#N)cc3)nc(Cl)nc2s1. The van der Waals surface area contributed by atoms with E-state index in [0.717, 1.165) is 37.4 Å². The van der Waals surface area contributed by atoms with Gasteiger partial charge in [-0.25, -0.2) is 4.98 Å². The number of fused-ring (bicyclic) bond motifs is 1. The summed E-state index contributed by atoms with van der Waals surface area (Å²) < 4.78 is 0. The number of rotatable bonds is 3. The van der Waals surface area contributed by atoms with Crippen LogP contribution in [0, 0.1) is 17.6 Å². The molecule has 7 heteroatoms. The van der Waals surface area contributed by atoms with Crippen LogP contribution >= 0.6 is 34.7 Å². The number of anilines is 2. The summed E-state index contributed by atoms with van der Waals surface area (Å²) in [5.74, 6) is 0.690. The Morgan fingerprint density at radius 1 is 1.29 bits per heavy atom. The first-order chi connectivity index (χ1) is 10.2. The Morgan fingerprint density at radius 3 is 2.76 bits per heavy atom. The van der Waals surface area contributed by atoms with Crippen molar-refractivity contribution in [1.82, 2.24) is 9.97 Å². The van der Waals surface area contributed by atoms with E-state index in [-0.39, 0.29) is 5.28 Å². The molecule has 0 spiro atoms. The highest BCUT2D eigenvalue weighted by molar-refractivity contribution is 8.03. The van der Waals surface area contributed by atoms with Gasteiger partial charge in [0.15, 0.2) is 0 Å². The average Bonchev–Trinajstić information content (AvgIpc) is 2.81. The van der Waals surface area contributed by atoms with Crippen LogP contribution in [0.15, 0.2) is 35.2 Å². The lowest BCUT2D eigenvalue weighted by Gasteiger charge is -2.07. The van der Waals surface area contributed by atoms with Gasteiger partial charge in [-0.3, -0.25) is 0 Å². The number of hydrogen-bond acceptors (Lipinski definition) is 6. The molecule has 21 heavy (non-hydrogen) atoms. The lowest BCUT2D eigenvalue weighted by Crippen LogP contribution is -1.95. The highest BCUT2D eigenvalue weighted by Crippen LogP contribution is 2.31. The van der Waals surface area contributed by atoms with Gasteiger partial charge in [-0.1, -0.05) is 0 Å². The van der Waals surface area contributed by atoms with Crippen LogP contribution in [0.4, 0.5) is 11.5 Å². The number of benzene rings is 1. The molecule has 0 radical (unpaired) electrons. The first kappa shape index (κ1) is 14.1. The Hall–Kier alpha value is -1.81. The fourth-order valence-corrected chi connectivity index (χ4v) is 3.38. The number of nitrogens with one attached hydrogen (secondary N) is 1. The van der Waals surface area contributed by atoms with Crippen LogP contribution in [0.25, 0.3) is 10.2 Å². The minimum Gasteiger partial charge on any atom is -0.340 e. The predicted octanol–water partition coefficient (Wildman–Crippen LogP) is 4.97. The molecule has 0 saturated carbocycles. The number of nitriles is 1. The lowest BCUT2D eigenvalue weighted by molar-refractivity contribution is 1.23. The number of aryl methyl sites for hydroxylation is 1. The number of thiophene rings is 1. The normalized spacial score (nSPS) is 10.5. The van der Waals surface area contributed by atoms with Crippen LogP contribution in [-0.2, 0) is 0 Å². The molecule has 0 unspecified atom stereocenters. The Labute approximate surface area is 134 Å². The van der Waals surface area contributed by atoms with Crippen molar-refractivity contribution in [3.63, 3.8) is 0 Å². The summed E-state index contributed by atoms with van der Waals surface area (Å²) in [6.07, 6.45) is 0. The lowest BCUT2D eigenvalue weighted by atomic mass is 10.3. The molecule has 0 bridgehead atoms. The second-order valence-electron chi connectivity index (χ2n) is 4.26. The van der Waals surface area contributed by atoms with Gasteiger partial charge in [0.05, 0.1) is 5.39 Å². The van der Waals surface area contributed by atoms with E-state index in [1.165, 1.54) is 0 Å². The zero-order valence-corrected chi connectivity index (χ0v) is 13.3. The fourth-order valence-electron chi connectivity index (χ4n) is 1.91. The Balaban J connectivity index is 1.95. The fraction of sp³-hybridized carbons (Fsp3) is 0.0714. The smallest absolute Gasteiger partial charge is 0.225 e. The topological polar surface area (TPSA) is 61.6 Å². The van der Waals surface area contributed by atoms with Crippen LogP contribution in [-0.4, -0.2) is 9.97 Å². The summed E-state index contributed by atoms with van der Waals surface area (Å²) in [5.41, 5.74) is 0.886. The molecule has 0 aliphatic carbocycles. The molecule has 0 aliphatic heterocycles. The molecule has 104 valence electrons. The zero-order chi connectivity index (χ0) is 14.8. The number of thioether (sulfide) groups is 1. The van der Waals surface area contributed by atoms with Crippen molar-refractivity contribution < 1.29 is 0 Å². The maximum atomic E-state index is 8.64. The minimum absolute atomic E-state index is 0.225. The molecule has 0 atom stereocenters. The third-order valence-corrected chi connectivity index (χ3v) is 4.48. The molecule has 2 heterocycles. The van der Waals surface area contributed by atoms with Gasteiger partial charge in [0.2, 0.25) is 5.28 Å². The van der Waals surface area contributed by atoms with E-state index in [4.69, 9.17) is 16.9 Å². The van der Waals surface area contributed by atoms with Crippen molar-refractivity contribution in [2.24, 2.45) is 0 Å². The van der Waals surface area contributed by atoms with E-state index in [0.29, 0.717) is 5.82 Å². The highest BCUT2D eigenvalue weighted by atomic mass is 35.5. The van der Waals surface area contributed by atoms with E-state index < -0.39 is 0 Å². The van der Waals surface area contributed by atoms with Crippen molar-refractivity contribution in [3.05, 3.63) is 40.5 Å². The molecule has 0 saturated heterocycles. The molecule has 4 nitrogen and oxygen atoms in total. The average molecular weight is 333 g/mol. The van der Waals surface area contributed by atoms with Crippen molar-refractivity contribution >= 4 is 56.4 Å². The maximum absolute atomic E-state index is 8.64. The summed E-state index contributed by atoms with van der Waals surface area (Å²) in [6.45, 7) is 2.03. The predicted molar refractivity (Wildman–Crippen MR) is 88.4 cm³/mol. The largest absolute Gasteiger partial charge is 0.340 e. The van der Waals surface area contributed by atoms with Crippen LogP contribution in [0.5, 0.6) is 0 Å². The van der Waals surface area contributed by atoms with Crippen molar-refractivity contribution in [2.75, 3.05) is 5.32 Å². The van der Waals surface area contributed by atoms with Crippen LogP contribution in [0.1, 0.15) is 4.88 Å². The van der Waals surface area contributed by atoms with E-state index >= 15 is 0 Å². The quantitative estimate of drug-likeness (QED) is 0.417. The van der Waals surface area contributed by atoms with Crippen molar-refractivity contribution in [3.8, 4) is 5.40 Å². The molecule has 3 aromatic rings. The monoisotopic (exact) mass is 332 g/mol. The van der Waals surface area contributed by atoms with Gasteiger partial charge >= 0.3 is 0 Å². The van der Waals surface area contributed by atoms with E-state index in [1.54, 1.807) is 11.3 Å².